The van der Waals surface area contributed by atoms with E-state index in [1.807, 2.05) is 6.07 Å². The Hall–Kier alpha value is -1.81. The summed E-state index contributed by atoms with van der Waals surface area (Å²) in [4.78, 5) is 12.3. The zero-order valence-corrected chi connectivity index (χ0v) is 7.59. The number of nitrogens with zero attached hydrogens (tertiary/aromatic N) is 3. The van der Waals surface area contributed by atoms with Crippen LogP contribution in [0.3, 0.4) is 0 Å². The highest BCUT2D eigenvalue weighted by Gasteiger charge is 1.99. The van der Waals surface area contributed by atoms with Gasteiger partial charge in [0.15, 0.2) is 0 Å². The zero-order valence-electron chi connectivity index (χ0n) is 7.59. The van der Waals surface area contributed by atoms with Crippen LogP contribution in [0.1, 0.15) is 5.56 Å². The summed E-state index contributed by atoms with van der Waals surface area (Å²) in [5.74, 6) is 0. The molecule has 2 aromatic rings. The fourth-order valence-corrected chi connectivity index (χ4v) is 1.19. The molecule has 0 spiro atoms. The van der Waals surface area contributed by atoms with Gasteiger partial charge in [-0.1, -0.05) is 0 Å². The summed E-state index contributed by atoms with van der Waals surface area (Å²) >= 11 is 0. The third-order valence-corrected chi connectivity index (χ3v) is 1.89. The molecule has 70 valence electrons. The molecule has 0 aliphatic carbocycles. The van der Waals surface area contributed by atoms with Crippen molar-refractivity contribution < 1.29 is 0 Å². The minimum atomic E-state index is 0.487. The van der Waals surface area contributed by atoms with Crippen molar-refractivity contribution in [3.63, 3.8) is 0 Å². The normalized spacial score (nSPS) is 10.1. The monoisotopic (exact) mass is 186 g/mol. The summed E-state index contributed by atoms with van der Waals surface area (Å²) in [6, 6.07) is 1.97. The smallest absolute Gasteiger partial charge is 0.0900 e. The van der Waals surface area contributed by atoms with E-state index < -0.39 is 0 Å². The van der Waals surface area contributed by atoms with Gasteiger partial charge in [-0.3, -0.25) is 15.0 Å². The van der Waals surface area contributed by atoms with Crippen molar-refractivity contribution in [2.45, 2.75) is 6.54 Å². The van der Waals surface area contributed by atoms with Crippen LogP contribution < -0.4 is 5.73 Å². The number of nitrogens with two attached hydrogens (primary N) is 1. The molecular weight excluding hydrogens is 176 g/mol. The van der Waals surface area contributed by atoms with Crippen LogP contribution in [-0.4, -0.2) is 15.0 Å². The molecule has 2 rings (SSSR count). The third kappa shape index (κ3) is 1.75. The molecule has 0 atom stereocenters. The lowest BCUT2D eigenvalue weighted by Gasteiger charge is -2.00. The van der Waals surface area contributed by atoms with Gasteiger partial charge < -0.3 is 5.73 Å². The van der Waals surface area contributed by atoms with Gasteiger partial charge >= 0.3 is 0 Å². The largest absolute Gasteiger partial charge is 0.326 e. The van der Waals surface area contributed by atoms with E-state index in [0.717, 1.165) is 16.8 Å². The van der Waals surface area contributed by atoms with Crippen molar-refractivity contribution >= 4 is 0 Å². The van der Waals surface area contributed by atoms with Crippen LogP contribution in [0, 0.1) is 0 Å². The van der Waals surface area contributed by atoms with Gasteiger partial charge in [0.1, 0.15) is 0 Å². The molecule has 0 saturated heterocycles. The predicted octanol–water partition coefficient (Wildman–Crippen LogP) is 0.997. The summed E-state index contributed by atoms with van der Waals surface area (Å²) in [7, 11) is 0. The zero-order chi connectivity index (χ0) is 9.80. The minimum absolute atomic E-state index is 0.487. The van der Waals surface area contributed by atoms with E-state index in [9.17, 15) is 0 Å². The fourth-order valence-electron chi connectivity index (χ4n) is 1.19. The van der Waals surface area contributed by atoms with Gasteiger partial charge in [-0.05, 0) is 11.6 Å². The minimum Gasteiger partial charge on any atom is -0.326 e. The van der Waals surface area contributed by atoms with Gasteiger partial charge in [0.05, 0.1) is 11.9 Å². The molecule has 2 N–H and O–H groups in total. The molecule has 4 nitrogen and oxygen atoms in total. The Morgan fingerprint density at radius 1 is 1.07 bits per heavy atom. The van der Waals surface area contributed by atoms with Crippen LogP contribution >= 0.6 is 0 Å². The standard InChI is InChI=1S/C10H10N4/c11-4-8-3-9(6-13-5-8)10-7-12-1-2-14-10/h1-3,5-7H,4,11H2. The Morgan fingerprint density at radius 2 is 2.00 bits per heavy atom. The number of rotatable bonds is 2. The Balaban J connectivity index is 2.42. The average molecular weight is 186 g/mol. The Morgan fingerprint density at radius 3 is 2.71 bits per heavy atom. The van der Waals surface area contributed by atoms with Gasteiger partial charge in [0.25, 0.3) is 0 Å². The molecule has 0 bridgehead atoms. The van der Waals surface area contributed by atoms with Gasteiger partial charge in [0, 0.05) is 36.9 Å². The maximum atomic E-state index is 5.52. The predicted molar refractivity (Wildman–Crippen MR) is 53.2 cm³/mol. The number of aromatic nitrogens is 3. The maximum absolute atomic E-state index is 5.52. The summed E-state index contributed by atoms with van der Waals surface area (Å²) < 4.78 is 0. The lowest BCUT2D eigenvalue weighted by molar-refractivity contribution is 1.05. The van der Waals surface area contributed by atoms with Crippen LogP contribution in [0.5, 0.6) is 0 Å². The molecule has 0 fully saturated rings. The molecule has 0 saturated carbocycles. The molecule has 2 heterocycles. The van der Waals surface area contributed by atoms with Crippen molar-refractivity contribution in [2.75, 3.05) is 0 Å². The molecule has 0 unspecified atom stereocenters. The highest BCUT2D eigenvalue weighted by Crippen LogP contribution is 2.14. The molecule has 0 radical (unpaired) electrons. The summed E-state index contributed by atoms with van der Waals surface area (Å²) in [5, 5.41) is 0. The summed E-state index contributed by atoms with van der Waals surface area (Å²) in [6.45, 7) is 0.487. The van der Waals surface area contributed by atoms with Gasteiger partial charge in [-0.25, -0.2) is 0 Å². The molecular formula is C10H10N4. The summed E-state index contributed by atoms with van der Waals surface area (Å²) in [5.41, 5.74) is 8.27. The molecule has 0 amide bonds. The van der Waals surface area contributed by atoms with E-state index in [-0.39, 0.29) is 0 Å². The van der Waals surface area contributed by atoms with E-state index in [0.29, 0.717) is 6.54 Å². The number of hydrogen-bond acceptors (Lipinski definition) is 4. The second kappa shape index (κ2) is 3.93. The van der Waals surface area contributed by atoms with Gasteiger partial charge in [-0.2, -0.15) is 0 Å². The van der Waals surface area contributed by atoms with E-state index >= 15 is 0 Å². The quantitative estimate of drug-likeness (QED) is 0.759. The van der Waals surface area contributed by atoms with E-state index in [2.05, 4.69) is 15.0 Å². The van der Waals surface area contributed by atoms with Crippen LogP contribution in [0.2, 0.25) is 0 Å². The van der Waals surface area contributed by atoms with Crippen LogP contribution in [0.25, 0.3) is 11.3 Å². The average Bonchev–Trinajstić information content (AvgIpc) is 2.30. The van der Waals surface area contributed by atoms with Crippen molar-refractivity contribution in [3.05, 3.63) is 42.6 Å². The molecule has 2 aromatic heterocycles. The first kappa shape index (κ1) is 8.77. The Labute approximate surface area is 81.9 Å². The molecule has 14 heavy (non-hydrogen) atoms. The fraction of sp³-hybridized carbons (Fsp3) is 0.100. The van der Waals surface area contributed by atoms with E-state index in [4.69, 9.17) is 5.73 Å². The SMILES string of the molecule is NCc1cncc(-c2cnccn2)c1. The number of hydrogen-bond donors (Lipinski definition) is 1. The first-order valence-corrected chi connectivity index (χ1v) is 4.30. The Kier molecular flexibility index (Phi) is 2.46. The highest BCUT2D eigenvalue weighted by molar-refractivity contribution is 5.57. The van der Waals surface area contributed by atoms with Crippen LogP contribution in [0.4, 0.5) is 0 Å². The Bertz CT molecular complexity index is 413. The van der Waals surface area contributed by atoms with E-state index in [1.54, 1.807) is 31.0 Å². The van der Waals surface area contributed by atoms with Crippen molar-refractivity contribution in [1.29, 1.82) is 0 Å². The lowest BCUT2D eigenvalue weighted by Crippen LogP contribution is -1.97. The topological polar surface area (TPSA) is 64.7 Å². The second-order valence-corrected chi connectivity index (χ2v) is 2.88. The first-order valence-electron chi connectivity index (χ1n) is 4.30. The molecule has 4 heteroatoms. The van der Waals surface area contributed by atoms with Crippen LogP contribution in [-0.2, 0) is 6.54 Å². The maximum Gasteiger partial charge on any atom is 0.0900 e. The van der Waals surface area contributed by atoms with Gasteiger partial charge in [0.2, 0.25) is 0 Å². The highest BCUT2D eigenvalue weighted by atomic mass is 14.8. The molecule has 0 aliphatic rings. The number of pyridine rings is 1. The van der Waals surface area contributed by atoms with Crippen molar-refractivity contribution in [3.8, 4) is 11.3 Å². The first-order chi connectivity index (χ1) is 6.90. The third-order valence-electron chi connectivity index (χ3n) is 1.89. The lowest BCUT2D eigenvalue weighted by atomic mass is 10.1. The summed E-state index contributed by atoms with van der Waals surface area (Å²) in [6.07, 6.45) is 8.51. The van der Waals surface area contributed by atoms with Crippen molar-refractivity contribution in [1.82, 2.24) is 15.0 Å². The van der Waals surface area contributed by atoms with Gasteiger partial charge in [-0.15, -0.1) is 0 Å². The molecule has 0 aliphatic heterocycles. The molecule has 0 aromatic carbocycles. The second-order valence-electron chi connectivity index (χ2n) is 2.88. The van der Waals surface area contributed by atoms with Crippen molar-refractivity contribution in [2.24, 2.45) is 5.73 Å². The van der Waals surface area contributed by atoms with Crippen LogP contribution in [0.15, 0.2) is 37.1 Å². The van der Waals surface area contributed by atoms with E-state index in [1.165, 1.54) is 0 Å².